The lowest BCUT2D eigenvalue weighted by molar-refractivity contribution is -0.153. The van der Waals surface area contributed by atoms with Gasteiger partial charge in [0.05, 0.1) is 11.8 Å². The Morgan fingerprint density at radius 1 is 0.744 bits per heavy atom. The van der Waals surface area contributed by atoms with Crippen LogP contribution in [0.5, 0.6) is 11.5 Å². The van der Waals surface area contributed by atoms with Gasteiger partial charge < -0.3 is 9.47 Å². The van der Waals surface area contributed by atoms with Gasteiger partial charge in [0.15, 0.2) is 0 Å². The van der Waals surface area contributed by atoms with E-state index < -0.39 is 12.0 Å². The van der Waals surface area contributed by atoms with Gasteiger partial charge >= 0.3 is 5.97 Å². The number of carbonyl (C=O) groups excluding carboxylic acids is 3. The van der Waals surface area contributed by atoms with Crippen LogP contribution in [0.1, 0.15) is 17.5 Å². The van der Waals surface area contributed by atoms with E-state index in [1.165, 1.54) is 4.90 Å². The molecule has 0 aromatic heterocycles. The van der Waals surface area contributed by atoms with Crippen molar-refractivity contribution in [2.45, 2.75) is 25.5 Å². The number of allylic oxidation sites excluding steroid dienone is 2. The third-order valence-electron chi connectivity index (χ3n) is 8.84. The van der Waals surface area contributed by atoms with Crippen LogP contribution in [0.3, 0.4) is 0 Å². The number of rotatable bonds is 8. The Kier molecular flexibility index (Phi) is 5.84. The SMILES string of the molecule is O=C(Oc1ccc(OCc2ccccc2)cc1)[C@H](Cc1ccccc1)N1C(=O)[C@H]2[C@@H]3C=C[C@H]([C@H]4C[C@H]34)[C@@H]2C1=O. The maximum atomic E-state index is 13.8. The van der Waals surface area contributed by atoms with Gasteiger partial charge in [-0.15, -0.1) is 0 Å². The molecule has 196 valence electrons. The molecule has 1 saturated heterocycles. The maximum absolute atomic E-state index is 13.8. The lowest BCUT2D eigenvalue weighted by atomic mass is 9.63. The molecule has 0 N–H and O–H groups in total. The largest absolute Gasteiger partial charge is 0.489 e. The van der Waals surface area contributed by atoms with Crippen LogP contribution in [-0.4, -0.2) is 28.7 Å². The molecule has 39 heavy (non-hydrogen) atoms. The first-order chi connectivity index (χ1) is 19.1. The van der Waals surface area contributed by atoms with Crippen LogP contribution in [0.4, 0.5) is 0 Å². The highest BCUT2D eigenvalue weighted by Gasteiger charge is 2.68. The van der Waals surface area contributed by atoms with Crippen molar-refractivity contribution in [3.8, 4) is 11.5 Å². The van der Waals surface area contributed by atoms with Crippen molar-refractivity contribution in [1.29, 1.82) is 0 Å². The quantitative estimate of drug-likeness (QED) is 0.184. The molecule has 2 bridgehead atoms. The topological polar surface area (TPSA) is 72.9 Å². The fourth-order valence-electron chi connectivity index (χ4n) is 6.93. The first kappa shape index (κ1) is 23.9. The zero-order valence-corrected chi connectivity index (χ0v) is 21.4. The van der Waals surface area contributed by atoms with Crippen molar-refractivity contribution in [1.82, 2.24) is 4.90 Å². The van der Waals surface area contributed by atoms with Crippen LogP contribution in [0.25, 0.3) is 0 Å². The van der Waals surface area contributed by atoms with E-state index in [0.717, 1.165) is 17.5 Å². The number of benzene rings is 3. The highest BCUT2D eigenvalue weighted by molar-refractivity contribution is 6.09. The molecule has 0 radical (unpaired) electrons. The molecule has 3 aromatic carbocycles. The van der Waals surface area contributed by atoms with Crippen molar-refractivity contribution in [2.24, 2.45) is 35.5 Å². The lowest BCUT2D eigenvalue weighted by Gasteiger charge is -2.37. The van der Waals surface area contributed by atoms with Crippen LogP contribution in [-0.2, 0) is 27.4 Å². The van der Waals surface area contributed by atoms with Gasteiger partial charge in [-0.2, -0.15) is 0 Å². The van der Waals surface area contributed by atoms with Crippen LogP contribution in [0.2, 0.25) is 0 Å². The Hall–Kier alpha value is -4.19. The number of amides is 2. The summed E-state index contributed by atoms with van der Waals surface area (Å²) in [6.45, 7) is 0.430. The first-order valence-corrected chi connectivity index (χ1v) is 13.7. The highest BCUT2D eigenvalue weighted by Crippen LogP contribution is 2.65. The average molecular weight is 520 g/mol. The molecule has 3 aromatic rings. The molecule has 6 nitrogen and oxygen atoms in total. The van der Waals surface area contributed by atoms with Gasteiger partial charge in [-0.3, -0.25) is 14.5 Å². The summed E-state index contributed by atoms with van der Waals surface area (Å²) in [6.07, 6.45) is 5.59. The summed E-state index contributed by atoms with van der Waals surface area (Å²) < 4.78 is 11.6. The Bertz CT molecular complexity index is 1400. The number of imide groups is 1. The van der Waals surface area contributed by atoms with E-state index in [1.807, 2.05) is 60.7 Å². The van der Waals surface area contributed by atoms with Gasteiger partial charge in [-0.1, -0.05) is 72.8 Å². The summed E-state index contributed by atoms with van der Waals surface area (Å²) in [4.78, 5) is 42.4. The van der Waals surface area contributed by atoms with Crippen LogP contribution in [0, 0.1) is 35.5 Å². The maximum Gasteiger partial charge on any atom is 0.335 e. The van der Waals surface area contributed by atoms with Gasteiger partial charge in [0.25, 0.3) is 0 Å². The molecule has 3 fully saturated rings. The monoisotopic (exact) mass is 519 g/mol. The van der Waals surface area contributed by atoms with E-state index in [4.69, 9.17) is 9.47 Å². The van der Waals surface area contributed by atoms with Crippen molar-refractivity contribution in [3.05, 3.63) is 108 Å². The van der Waals surface area contributed by atoms with Gasteiger partial charge in [0, 0.05) is 6.42 Å². The highest BCUT2D eigenvalue weighted by atomic mass is 16.5. The number of nitrogens with zero attached hydrogens (tertiary/aromatic N) is 1. The molecule has 6 heteroatoms. The summed E-state index contributed by atoms with van der Waals surface area (Å²) in [5, 5.41) is 0. The van der Waals surface area contributed by atoms with Crippen molar-refractivity contribution in [3.63, 3.8) is 0 Å². The molecule has 2 saturated carbocycles. The normalized spacial score (nSPS) is 28.6. The summed E-state index contributed by atoms with van der Waals surface area (Å²) in [7, 11) is 0. The second-order valence-corrected chi connectivity index (χ2v) is 11.1. The second-order valence-electron chi connectivity index (χ2n) is 11.1. The van der Waals surface area contributed by atoms with Gasteiger partial charge in [0.1, 0.15) is 24.1 Å². The number of esters is 1. The zero-order valence-electron chi connectivity index (χ0n) is 21.4. The van der Waals surface area contributed by atoms with E-state index in [-0.39, 0.29) is 41.9 Å². The number of likely N-dealkylation sites (tertiary alicyclic amines) is 1. The smallest absolute Gasteiger partial charge is 0.335 e. The van der Waals surface area contributed by atoms with E-state index in [9.17, 15) is 14.4 Å². The summed E-state index contributed by atoms with van der Waals surface area (Å²) in [5.74, 6) is 0.412. The van der Waals surface area contributed by atoms with Crippen molar-refractivity contribution < 1.29 is 23.9 Å². The fraction of sp³-hybridized carbons (Fsp3) is 0.303. The Morgan fingerprint density at radius 3 is 1.87 bits per heavy atom. The second kappa shape index (κ2) is 9.53. The Morgan fingerprint density at radius 2 is 1.28 bits per heavy atom. The molecule has 1 heterocycles. The molecule has 0 spiro atoms. The Labute approximate surface area is 227 Å². The number of hydrogen-bond donors (Lipinski definition) is 0. The molecule has 0 unspecified atom stereocenters. The number of hydrogen-bond acceptors (Lipinski definition) is 5. The standard InChI is InChI=1S/C33H29NO5/c35-31-29-24-15-16-25(27-18-26(24)27)30(29)32(36)34(31)28(17-20-7-3-1-4-8-20)33(37)39-23-13-11-22(12-14-23)38-19-21-9-5-2-6-10-21/h1-16,24-30H,17-19H2/t24-,25-,26-,27-,28+,29+,30+/m1/s1. The van der Waals surface area contributed by atoms with Gasteiger partial charge in [-0.05, 0) is 65.5 Å². The van der Waals surface area contributed by atoms with Crippen LogP contribution < -0.4 is 9.47 Å². The van der Waals surface area contributed by atoms with Gasteiger partial charge in [0.2, 0.25) is 11.8 Å². The molecule has 1 aliphatic heterocycles. The molecular weight excluding hydrogens is 490 g/mol. The number of ether oxygens (including phenoxy) is 2. The van der Waals surface area contributed by atoms with E-state index in [1.54, 1.807) is 24.3 Å². The average Bonchev–Trinajstić information content (AvgIpc) is 3.76. The molecule has 2 amide bonds. The predicted octanol–water partition coefficient (Wildman–Crippen LogP) is 4.84. The van der Waals surface area contributed by atoms with Crippen LogP contribution in [0.15, 0.2) is 97.1 Å². The summed E-state index contributed by atoms with van der Waals surface area (Å²) in [6, 6.07) is 25.1. The lowest BCUT2D eigenvalue weighted by Crippen LogP contribution is -2.48. The molecule has 7 atom stereocenters. The zero-order chi connectivity index (χ0) is 26.5. The summed E-state index contributed by atoms with van der Waals surface area (Å²) in [5.41, 5.74) is 1.92. The minimum atomic E-state index is -1.03. The minimum absolute atomic E-state index is 0.100. The fourth-order valence-corrected chi connectivity index (χ4v) is 6.93. The van der Waals surface area contributed by atoms with Crippen molar-refractivity contribution in [2.75, 3.05) is 0 Å². The Balaban J connectivity index is 1.10. The molecule has 8 rings (SSSR count). The number of carbonyl (C=O) groups is 3. The van der Waals surface area contributed by atoms with Gasteiger partial charge in [-0.25, -0.2) is 4.79 Å². The molecule has 4 aliphatic carbocycles. The van der Waals surface area contributed by atoms with Crippen LogP contribution >= 0.6 is 0 Å². The molecular formula is C33H29NO5. The van der Waals surface area contributed by atoms with Crippen molar-refractivity contribution >= 4 is 17.8 Å². The van der Waals surface area contributed by atoms with E-state index in [0.29, 0.717) is 29.9 Å². The third-order valence-corrected chi connectivity index (χ3v) is 8.84. The predicted molar refractivity (Wildman–Crippen MR) is 143 cm³/mol. The summed E-state index contributed by atoms with van der Waals surface area (Å²) >= 11 is 0. The van der Waals surface area contributed by atoms with E-state index >= 15 is 0 Å². The first-order valence-electron chi connectivity index (χ1n) is 13.7. The minimum Gasteiger partial charge on any atom is -0.489 e. The third kappa shape index (κ3) is 4.24. The molecule has 5 aliphatic rings. The van der Waals surface area contributed by atoms with E-state index in [2.05, 4.69) is 12.2 Å².